The Morgan fingerprint density at radius 2 is 1.97 bits per heavy atom. The number of rotatable bonds is 7. The molecule has 174 valence electrons. The molecule has 0 saturated carbocycles. The maximum atomic E-state index is 13.1. The lowest BCUT2D eigenvalue weighted by Crippen LogP contribution is -2.43. The third-order valence-electron chi connectivity index (χ3n) is 6.33. The number of hydrogen-bond acceptors (Lipinski definition) is 5. The second-order valence-corrected chi connectivity index (χ2v) is 11.0. The van der Waals surface area contributed by atoms with Gasteiger partial charge in [0.15, 0.2) is 5.03 Å². The van der Waals surface area contributed by atoms with E-state index >= 15 is 0 Å². The smallest absolute Gasteiger partial charge is 0.262 e. The Kier molecular flexibility index (Phi) is 6.97. The summed E-state index contributed by atoms with van der Waals surface area (Å²) in [5, 5.41) is 3.05. The number of carbonyl (C=O) groups is 1. The summed E-state index contributed by atoms with van der Waals surface area (Å²) < 4.78 is 29.3. The van der Waals surface area contributed by atoms with E-state index in [9.17, 15) is 13.2 Å². The minimum Gasteiger partial charge on any atom is -0.334 e. The first-order chi connectivity index (χ1) is 15.3. The van der Waals surface area contributed by atoms with Crippen molar-refractivity contribution in [2.24, 2.45) is 5.92 Å². The third kappa shape index (κ3) is 5.22. The van der Waals surface area contributed by atoms with Crippen LogP contribution in [0.15, 0.2) is 41.8 Å². The molecular weight excluding hydrogens is 426 g/mol. The number of hydrogen-bond donors (Lipinski definition) is 1. The molecule has 2 aliphatic rings. The van der Waals surface area contributed by atoms with Crippen LogP contribution in [0.2, 0.25) is 0 Å². The van der Waals surface area contributed by atoms with Gasteiger partial charge in [0.1, 0.15) is 0 Å². The third-order valence-corrected chi connectivity index (χ3v) is 8.08. The second kappa shape index (κ2) is 9.72. The highest BCUT2D eigenvalue weighted by atomic mass is 32.2. The van der Waals surface area contributed by atoms with Crippen molar-refractivity contribution >= 4 is 21.6 Å². The minimum atomic E-state index is -3.72. The van der Waals surface area contributed by atoms with Crippen LogP contribution in [0, 0.1) is 5.92 Å². The van der Waals surface area contributed by atoms with Gasteiger partial charge in [-0.1, -0.05) is 12.1 Å². The molecule has 0 spiro atoms. The Balaban J connectivity index is 1.40. The number of nitrogens with zero attached hydrogens (tertiary/aromatic N) is 4. The molecule has 4 rings (SSSR count). The molecule has 0 radical (unpaired) electrons. The molecule has 0 bridgehead atoms. The normalized spacial score (nSPS) is 20.7. The summed E-state index contributed by atoms with van der Waals surface area (Å²) in [6.07, 6.45) is 6.92. The van der Waals surface area contributed by atoms with E-state index < -0.39 is 10.0 Å². The van der Waals surface area contributed by atoms with Crippen LogP contribution in [0.25, 0.3) is 0 Å². The van der Waals surface area contributed by atoms with E-state index in [0.29, 0.717) is 19.4 Å². The van der Waals surface area contributed by atoms with Gasteiger partial charge < -0.3 is 9.88 Å². The van der Waals surface area contributed by atoms with Crippen LogP contribution in [0.1, 0.15) is 51.1 Å². The highest BCUT2D eigenvalue weighted by Gasteiger charge is 2.34. The van der Waals surface area contributed by atoms with E-state index in [1.165, 1.54) is 22.7 Å². The summed E-state index contributed by atoms with van der Waals surface area (Å²) in [7, 11) is -3.72. The lowest BCUT2D eigenvalue weighted by atomic mass is 9.98. The van der Waals surface area contributed by atoms with E-state index in [2.05, 4.69) is 21.3 Å². The lowest BCUT2D eigenvalue weighted by molar-refractivity contribution is -0.120. The number of imidazole rings is 1. The van der Waals surface area contributed by atoms with Gasteiger partial charge in [0.2, 0.25) is 5.91 Å². The topological polar surface area (TPSA) is 87.5 Å². The molecule has 2 aromatic rings. The number of aromatic nitrogens is 2. The molecule has 1 aromatic heterocycles. The van der Waals surface area contributed by atoms with Crippen LogP contribution >= 0.6 is 0 Å². The number of benzene rings is 1. The van der Waals surface area contributed by atoms with Crippen LogP contribution in [0.4, 0.5) is 5.69 Å². The van der Waals surface area contributed by atoms with Gasteiger partial charge in [-0.25, -0.2) is 13.4 Å². The monoisotopic (exact) mass is 459 g/mol. The first kappa shape index (κ1) is 22.9. The summed E-state index contributed by atoms with van der Waals surface area (Å²) in [5.41, 5.74) is 1.95. The molecule has 0 aliphatic carbocycles. The summed E-state index contributed by atoms with van der Waals surface area (Å²) >= 11 is 0. The molecule has 1 N–H and O–H groups in total. The molecule has 8 nitrogen and oxygen atoms in total. The maximum Gasteiger partial charge on any atom is 0.262 e. The van der Waals surface area contributed by atoms with Gasteiger partial charge in [0.05, 0.1) is 12.2 Å². The SMILES string of the molecule is CC(C)n1cnc(S(=O)(=O)N2CCCC(C(=O)Nc3cccc(CN4CCCC4)c3)C2)c1. The molecule has 1 atom stereocenters. The fourth-order valence-corrected chi connectivity index (χ4v) is 5.88. The Bertz CT molecular complexity index is 1040. The predicted molar refractivity (Wildman–Crippen MR) is 124 cm³/mol. The number of sulfonamides is 1. The van der Waals surface area contributed by atoms with Crippen LogP contribution in [0.5, 0.6) is 0 Å². The Hall–Kier alpha value is -2.23. The molecule has 9 heteroatoms. The number of anilines is 1. The first-order valence-electron chi connectivity index (χ1n) is 11.5. The number of piperidine rings is 1. The van der Waals surface area contributed by atoms with E-state index in [-0.39, 0.29) is 29.4 Å². The zero-order chi connectivity index (χ0) is 22.7. The van der Waals surface area contributed by atoms with Gasteiger partial charge in [0.25, 0.3) is 10.0 Å². The molecule has 2 saturated heterocycles. The van der Waals surface area contributed by atoms with E-state index in [1.807, 2.05) is 32.0 Å². The molecule has 1 amide bonds. The largest absolute Gasteiger partial charge is 0.334 e. The van der Waals surface area contributed by atoms with Crippen molar-refractivity contribution in [2.75, 3.05) is 31.5 Å². The van der Waals surface area contributed by atoms with Gasteiger partial charge in [-0.15, -0.1) is 0 Å². The van der Waals surface area contributed by atoms with Gasteiger partial charge >= 0.3 is 0 Å². The maximum absolute atomic E-state index is 13.1. The van der Waals surface area contributed by atoms with Gasteiger partial charge in [-0.2, -0.15) is 4.31 Å². The fraction of sp³-hybridized carbons (Fsp3) is 0.565. The van der Waals surface area contributed by atoms with E-state index in [0.717, 1.165) is 25.3 Å². The Morgan fingerprint density at radius 3 is 2.69 bits per heavy atom. The van der Waals surface area contributed by atoms with E-state index in [4.69, 9.17) is 0 Å². The first-order valence-corrected chi connectivity index (χ1v) is 12.9. The van der Waals surface area contributed by atoms with Crippen molar-refractivity contribution in [1.29, 1.82) is 0 Å². The molecule has 1 aromatic carbocycles. The van der Waals surface area contributed by atoms with Crippen molar-refractivity contribution in [1.82, 2.24) is 18.8 Å². The van der Waals surface area contributed by atoms with Crippen molar-refractivity contribution < 1.29 is 13.2 Å². The predicted octanol–water partition coefficient (Wildman–Crippen LogP) is 3.10. The standard InChI is InChI=1S/C23H33N5O3S/c1-18(2)27-16-22(24-17-27)32(30,31)28-12-6-8-20(15-28)23(29)25-21-9-5-7-19(13-21)14-26-10-3-4-11-26/h5,7,9,13,16-18,20H,3-4,6,8,10-12,14-15H2,1-2H3,(H,25,29). The zero-order valence-corrected chi connectivity index (χ0v) is 19.7. The van der Waals surface area contributed by atoms with Crippen molar-refractivity contribution in [3.63, 3.8) is 0 Å². The Morgan fingerprint density at radius 1 is 1.19 bits per heavy atom. The van der Waals surface area contributed by atoms with Crippen LogP contribution in [0.3, 0.4) is 0 Å². The van der Waals surface area contributed by atoms with Crippen LogP contribution < -0.4 is 5.32 Å². The Labute approximate surface area is 190 Å². The van der Waals surface area contributed by atoms with Crippen molar-refractivity contribution in [3.05, 3.63) is 42.4 Å². The number of nitrogens with one attached hydrogen (secondary N) is 1. The average molecular weight is 460 g/mol. The zero-order valence-electron chi connectivity index (χ0n) is 18.9. The van der Waals surface area contributed by atoms with Gasteiger partial charge in [-0.05, 0) is 70.3 Å². The number of likely N-dealkylation sites (tertiary alicyclic amines) is 1. The average Bonchev–Trinajstić information content (AvgIpc) is 3.47. The van der Waals surface area contributed by atoms with Crippen molar-refractivity contribution in [3.8, 4) is 0 Å². The lowest BCUT2D eigenvalue weighted by Gasteiger charge is -2.30. The molecule has 3 heterocycles. The fourth-order valence-electron chi connectivity index (χ4n) is 4.43. The highest BCUT2D eigenvalue weighted by Crippen LogP contribution is 2.25. The van der Waals surface area contributed by atoms with Gasteiger partial charge in [-0.3, -0.25) is 9.69 Å². The second-order valence-electron chi connectivity index (χ2n) is 9.13. The molecule has 2 fully saturated rings. The summed E-state index contributed by atoms with van der Waals surface area (Å²) in [4.78, 5) is 19.5. The molecule has 1 unspecified atom stereocenters. The number of carbonyl (C=O) groups excluding carboxylic acids is 1. The van der Waals surface area contributed by atoms with E-state index in [1.54, 1.807) is 17.1 Å². The molecule has 2 aliphatic heterocycles. The minimum absolute atomic E-state index is 0.0434. The van der Waals surface area contributed by atoms with Crippen LogP contribution in [-0.2, 0) is 21.4 Å². The number of amides is 1. The quantitative estimate of drug-likeness (QED) is 0.687. The van der Waals surface area contributed by atoms with Crippen LogP contribution in [-0.4, -0.2) is 59.3 Å². The van der Waals surface area contributed by atoms with Crippen molar-refractivity contribution in [2.45, 2.75) is 57.1 Å². The summed E-state index contributed by atoms with van der Waals surface area (Å²) in [6, 6.07) is 8.09. The molecule has 32 heavy (non-hydrogen) atoms. The summed E-state index contributed by atoms with van der Waals surface area (Å²) in [5.74, 6) is -0.510. The molecular formula is C23H33N5O3S. The van der Waals surface area contributed by atoms with Gasteiger partial charge in [0, 0.05) is 37.6 Å². The summed E-state index contributed by atoms with van der Waals surface area (Å²) in [6.45, 7) is 7.67. The highest BCUT2D eigenvalue weighted by molar-refractivity contribution is 7.89.